The number of nitrogens with one attached hydrogen (secondary N) is 1. The van der Waals surface area contributed by atoms with Crippen LogP contribution in [0.15, 0.2) is 53.4 Å². The average Bonchev–Trinajstić information content (AvgIpc) is 2.92. The van der Waals surface area contributed by atoms with Crippen LogP contribution in [0.1, 0.15) is 48.0 Å². The van der Waals surface area contributed by atoms with E-state index >= 15 is 0 Å². The highest BCUT2D eigenvalue weighted by Gasteiger charge is 2.38. The van der Waals surface area contributed by atoms with Crippen LogP contribution in [0.4, 0.5) is 0 Å². The van der Waals surface area contributed by atoms with Crippen molar-refractivity contribution in [1.29, 1.82) is 0 Å². The molecule has 0 spiro atoms. The Hall–Kier alpha value is -2.91. The van der Waals surface area contributed by atoms with E-state index in [0.717, 1.165) is 24.8 Å². The maximum atomic E-state index is 13.6. The Kier molecular flexibility index (Phi) is 8.31. The molecule has 0 aromatic heterocycles. The molecule has 2 aromatic carbocycles. The SMILES string of the molecule is COc1ccc(C(=O)NC(C(=O)N2CCCCC2)C2CCN(S(=O)(=O)c3ccc(C)cc3)CC2)cc1. The number of likely N-dealkylation sites (tertiary alicyclic amines) is 1. The number of carbonyl (C=O) groups excluding carboxylic acids is 2. The minimum absolute atomic E-state index is 0.0728. The fourth-order valence-corrected chi connectivity index (χ4v) is 6.44. The zero-order chi connectivity index (χ0) is 25.7. The van der Waals surface area contributed by atoms with E-state index in [4.69, 9.17) is 4.74 Å². The molecule has 2 aliphatic heterocycles. The number of aryl methyl sites for hydroxylation is 1. The Morgan fingerprint density at radius 3 is 2.11 bits per heavy atom. The van der Waals surface area contributed by atoms with Crippen LogP contribution in [-0.4, -0.2) is 68.8 Å². The topological polar surface area (TPSA) is 96.0 Å². The third-order valence-electron chi connectivity index (χ3n) is 7.20. The zero-order valence-electron chi connectivity index (χ0n) is 21.0. The Morgan fingerprint density at radius 1 is 0.917 bits per heavy atom. The Morgan fingerprint density at radius 2 is 1.53 bits per heavy atom. The number of amides is 2. The van der Waals surface area contributed by atoms with Crippen molar-refractivity contribution in [3.05, 3.63) is 59.7 Å². The number of methoxy groups -OCH3 is 1. The number of sulfonamides is 1. The third-order valence-corrected chi connectivity index (χ3v) is 9.11. The van der Waals surface area contributed by atoms with E-state index < -0.39 is 16.1 Å². The van der Waals surface area contributed by atoms with E-state index in [1.807, 2.05) is 11.8 Å². The minimum atomic E-state index is -3.60. The fraction of sp³-hybridized carbons (Fsp3) is 0.481. The molecule has 8 nitrogen and oxygen atoms in total. The van der Waals surface area contributed by atoms with Crippen molar-refractivity contribution in [2.45, 2.75) is 50.0 Å². The van der Waals surface area contributed by atoms with E-state index in [1.54, 1.807) is 55.6 Å². The standard InChI is InChI=1S/C27H35N3O5S/c1-20-6-12-24(13-7-20)36(33,34)30-18-14-21(15-19-30)25(27(32)29-16-4-3-5-17-29)28-26(31)22-8-10-23(35-2)11-9-22/h6-13,21,25H,3-5,14-19H2,1-2H3,(H,28,31). The van der Waals surface area contributed by atoms with E-state index in [1.165, 1.54) is 4.31 Å². The van der Waals surface area contributed by atoms with Crippen molar-refractivity contribution in [2.75, 3.05) is 33.3 Å². The summed E-state index contributed by atoms with van der Waals surface area (Å²) in [6, 6.07) is 12.9. The molecular formula is C27H35N3O5S. The quantitative estimate of drug-likeness (QED) is 0.613. The average molecular weight is 514 g/mol. The molecule has 9 heteroatoms. The molecule has 1 N–H and O–H groups in total. The molecule has 2 saturated heterocycles. The lowest BCUT2D eigenvalue weighted by molar-refractivity contribution is -0.135. The summed E-state index contributed by atoms with van der Waals surface area (Å²) in [7, 11) is -2.04. The van der Waals surface area contributed by atoms with Crippen LogP contribution in [0.3, 0.4) is 0 Å². The molecule has 0 radical (unpaired) electrons. The first-order chi connectivity index (χ1) is 17.3. The molecular weight excluding hydrogens is 478 g/mol. The number of hydrogen-bond acceptors (Lipinski definition) is 5. The molecule has 194 valence electrons. The summed E-state index contributed by atoms with van der Waals surface area (Å²) in [6.45, 7) is 3.91. The van der Waals surface area contributed by atoms with E-state index in [-0.39, 0.29) is 22.6 Å². The molecule has 1 unspecified atom stereocenters. The van der Waals surface area contributed by atoms with Crippen molar-refractivity contribution in [2.24, 2.45) is 5.92 Å². The summed E-state index contributed by atoms with van der Waals surface area (Å²) >= 11 is 0. The van der Waals surface area contributed by atoms with Crippen LogP contribution in [0, 0.1) is 12.8 Å². The van der Waals surface area contributed by atoms with Gasteiger partial charge < -0.3 is 15.0 Å². The maximum Gasteiger partial charge on any atom is 0.251 e. The molecule has 2 aliphatic rings. The van der Waals surface area contributed by atoms with E-state index in [0.29, 0.717) is 50.3 Å². The molecule has 0 aliphatic carbocycles. The number of rotatable bonds is 7. The number of ether oxygens (including phenoxy) is 1. The molecule has 2 fully saturated rings. The summed E-state index contributed by atoms with van der Waals surface area (Å²) in [4.78, 5) is 28.8. The van der Waals surface area contributed by atoms with Crippen LogP contribution >= 0.6 is 0 Å². The normalized spacial score (nSPS) is 18.4. The maximum absolute atomic E-state index is 13.6. The monoisotopic (exact) mass is 513 g/mol. The second-order valence-electron chi connectivity index (χ2n) is 9.62. The van der Waals surface area contributed by atoms with Crippen molar-refractivity contribution in [3.63, 3.8) is 0 Å². The highest BCUT2D eigenvalue weighted by atomic mass is 32.2. The second-order valence-corrected chi connectivity index (χ2v) is 11.6. The summed E-state index contributed by atoms with van der Waals surface area (Å²) < 4.78 is 32.9. The number of carbonyl (C=O) groups is 2. The molecule has 2 amide bonds. The molecule has 0 saturated carbocycles. The van der Waals surface area contributed by atoms with Gasteiger partial charge in [-0.1, -0.05) is 17.7 Å². The van der Waals surface area contributed by atoms with Crippen LogP contribution in [0.25, 0.3) is 0 Å². The summed E-state index contributed by atoms with van der Waals surface area (Å²) in [5.41, 5.74) is 1.45. The van der Waals surface area contributed by atoms with Gasteiger partial charge >= 0.3 is 0 Å². The van der Waals surface area contributed by atoms with Gasteiger partial charge in [-0.2, -0.15) is 4.31 Å². The summed E-state index contributed by atoms with van der Waals surface area (Å²) in [5.74, 6) is 0.111. The van der Waals surface area contributed by atoms with Gasteiger partial charge in [-0.05, 0) is 81.3 Å². The summed E-state index contributed by atoms with van der Waals surface area (Å²) in [5, 5.41) is 2.99. The molecule has 2 aromatic rings. The van der Waals surface area contributed by atoms with E-state index in [2.05, 4.69) is 5.32 Å². The lowest BCUT2D eigenvalue weighted by atomic mass is 9.88. The zero-order valence-corrected chi connectivity index (χ0v) is 21.8. The molecule has 2 heterocycles. The van der Waals surface area contributed by atoms with Crippen LogP contribution in [-0.2, 0) is 14.8 Å². The van der Waals surface area contributed by atoms with Gasteiger partial charge in [0.15, 0.2) is 0 Å². The fourth-order valence-electron chi connectivity index (χ4n) is 4.97. The minimum Gasteiger partial charge on any atom is -0.497 e. The third kappa shape index (κ3) is 5.90. The van der Waals surface area contributed by atoms with E-state index in [9.17, 15) is 18.0 Å². The van der Waals surface area contributed by atoms with Gasteiger partial charge in [-0.25, -0.2) is 8.42 Å². The van der Waals surface area contributed by atoms with Crippen LogP contribution in [0.2, 0.25) is 0 Å². The first-order valence-electron chi connectivity index (χ1n) is 12.6. The number of benzene rings is 2. The van der Waals surface area contributed by atoms with Gasteiger partial charge in [-0.15, -0.1) is 0 Å². The lowest BCUT2D eigenvalue weighted by Gasteiger charge is -2.38. The second kappa shape index (κ2) is 11.4. The highest BCUT2D eigenvalue weighted by Crippen LogP contribution is 2.28. The number of piperidine rings is 2. The smallest absolute Gasteiger partial charge is 0.251 e. The van der Waals surface area contributed by atoms with Gasteiger partial charge in [-0.3, -0.25) is 9.59 Å². The van der Waals surface area contributed by atoms with Crippen molar-refractivity contribution in [3.8, 4) is 5.75 Å². The van der Waals surface area contributed by atoms with Crippen molar-refractivity contribution in [1.82, 2.24) is 14.5 Å². The Bertz CT molecular complexity index is 1150. The predicted octanol–water partition coefficient (Wildman–Crippen LogP) is 3.22. The number of hydrogen-bond donors (Lipinski definition) is 1. The highest BCUT2D eigenvalue weighted by molar-refractivity contribution is 7.89. The van der Waals surface area contributed by atoms with Gasteiger partial charge in [0.2, 0.25) is 15.9 Å². The van der Waals surface area contributed by atoms with Crippen LogP contribution < -0.4 is 10.1 Å². The van der Waals surface area contributed by atoms with Crippen LogP contribution in [0.5, 0.6) is 5.75 Å². The molecule has 36 heavy (non-hydrogen) atoms. The first kappa shape index (κ1) is 26.2. The summed E-state index contributed by atoms with van der Waals surface area (Å²) in [6.07, 6.45) is 4.01. The van der Waals surface area contributed by atoms with Crippen molar-refractivity contribution >= 4 is 21.8 Å². The number of nitrogens with zero attached hydrogens (tertiary/aromatic N) is 2. The Balaban J connectivity index is 1.49. The van der Waals surface area contributed by atoms with Gasteiger partial charge in [0.25, 0.3) is 5.91 Å². The van der Waals surface area contributed by atoms with Crippen molar-refractivity contribution < 1.29 is 22.7 Å². The lowest BCUT2D eigenvalue weighted by Crippen LogP contribution is -2.55. The molecule has 1 atom stereocenters. The van der Waals surface area contributed by atoms with Gasteiger partial charge in [0.1, 0.15) is 11.8 Å². The predicted molar refractivity (Wildman–Crippen MR) is 137 cm³/mol. The van der Waals surface area contributed by atoms with Gasteiger partial charge in [0.05, 0.1) is 12.0 Å². The largest absolute Gasteiger partial charge is 0.497 e. The Labute approximate surface area is 213 Å². The molecule has 0 bridgehead atoms. The first-order valence-corrected chi connectivity index (χ1v) is 14.0. The molecule has 4 rings (SSSR count). The van der Waals surface area contributed by atoms with Gasteiger partial charge in [0, 0.05) is 31.7 Å².